The minimum atomic E-state index is -3.56. The zero-order valence-electron chi connectivity index (χ0n) is 10.9. The van der Waals surface area contributed by atoms with Crippen molar-refractivity contribution < 1.29 is 8.42 Å². The average molecular weight is 291 g/mol. The maximum Gasteiger partial charge on any atom is 0.244 e. The quantitative estimate of drug-likeness (QED) is 0.848. The van der Waals surface area contributed by atoms with E-state index in [1.807, 2.05) is 13.8 Å². The summed E-state index contributed by atoms with van der Waals surface area (Å²) >= 11 is 5.96. The third-order valence-electron chi connectivity index (χ3n) is 3.07. The van der Waals surface area contributed by atoms with E-state index in [1.165, 1.54) is 16.4 Å². The van der Waals surface area contributed by atoms with E-state index in [-0.39, 0.29) is 16.0 Å². The van der Waals surface area contributed by atoms with Crippen LogP contribution in [0, 0.1) is 0 Å². The van der Waals surface area contributed by atoms with Gasteiger partial charge in [0, 0.05) is 18.8 Å². The number of halogens is 1. The van der Waals surface area contributed by atoms with Crippen molar-refractivity contribution in [1.29, 1.82) is 0 Å². The molecule has 18 heavy (non-hydrogen) atoms. The third-order valence-corrected chi connectivity index (χ3v) is 5.46. The second-order valence-corrected chi connectivity index (χ2v) is 6.55. The van der Waals surface area contributed by atoms with E-state index in [0.29, 0.717) is 5.69 Å². The third kappa shape index (κ3) is 2.96. The molecule has 0 unspecified atom stereocenters. The number of sulfonamides is 1. The van der Waals surface area contributed by atoms with E-state index in [2.05, 4.69) is 0 Å². The number of benzene rings is 1. The van der Waals surface area contributed by atoms with E-state index >= 15 is 0 Å². The number of hydrogen-bond donors (Lipinski definition) is 1. The van der Waals surface area contributed by atoms with Crippen LogP contribution in [0.5, 0.6) is 0 Å². The molecule has 0 bridgehead atoms. The van der Waals surface area contributed by atoms with Crippen LogP contribution in [0.15, 0.2) is 23.1 Å². The second kappa shape index (κ2) is 5.91. The molecule has 6 heteroatoms. The zero-order valence-corrected chi connectivity index (χ0v) is 12.4. The first-order chi connectivity index (χ1) is 8.34. The molecule has 1 aromatic carbocycles. The molecule has 1 rings (SSSR count). The molecule has 0 fully saturated rings. The van der Waals surface area contributed by atoms with Gasteiger partial charge < -0.3 is 5.73 Å². The van der Waals surface area contributed by atoms with Gasteiger partial charge >= 0.3 is 0 Å². The highest BCUT2D eigenvalue weighted by atomic mass is 35.5. The van der Waals surface area contributed by atoms with Crippen molar-refractivity contribution in [2.24, 2.45) is 0 Å². The predicted molar refractivity (Wildman–Crippen MR) is 75.2 cm³/mol. The lowest BCUT2D eigenvalue weighted by Crippen LogP contribution is -2.36. The Morgan fingerprint density at radius 3 is 2.33 bits per heavy atom. The standard InChI is InChI=1S/C12H19ClN2O2S/c1-4-10(5-2)15(3)18(16,17)12-7-6-9(14)8-11(12)13/h6-8,10H,4-5,14H2,1-3H3. The molecule has 0 atom stereocenters. The summed E-state index contributed by atoms with van der Waals surface area (Å²) < 4.78 is 26.2. The van der Waals surface area contributed by atoms with Crippen molar-refractivity contribution in [2.75, 3.05) is 12.8 Å². The Morgan fingerprint density at radius 1 is 1.33 bits per heavy atom. The number of nitrogens with zero attached hydrogens (tertiary/aromatic N) is 1. The van der Waals surface area contributed by atoms with Gasteiger partial charge in [-0.05, 0) is 31.0 Å². The summed E-state index contributed by atoms with van der Waals surface area (Å²) in [5.74, 6) is 0. The van der Waals surface area contributed by atoms with Crippen LogP contribution in [-0.2, 0) is 10.0 Å². The van der Waals surface area contributed by atoms with Gasteiger partial charge in [0.1, 0.15) is 4.90 Å². The molecule has 0 aliphatic rings. The van der Waals surface area contributed by atoms with Crippen molar-refractivity contribution in [3.05, 3.63) is 23.2 Å². The topological polar surface area (TPSA) is 63.4 Å². The van der Waals surface area contributed by atoms with Gasteiger partial charge in [0.15, 0.2) is 0 Å². The minimum Gasteiger partial charge on any atom is -0.399 e. The fraction of sp³-hybridized carbons (Fsp3) is 0.500. The largest absolute Gasteiger partial charge is 0.399 e. The highest BCUT2D eigenvalue weighted by molar-refractivity contribution is 7.89. The Kier molecular flexibility index (Phi) is 5.01. The van der Waals surface area contributed by atoms with Crippen molar-refractivity contribution in [3.8, 4) is 0 Å². The van der Waals surface area contributed by atoms with Gasteiger partial charge in [0.25, 0.3) is 0 Å². The van der Waals surface area contributed by atoms with Crippen LogP contribution in [0.25, 0.3) is 0 Å². The SMILES string of the molecule is CCC(CC)N(C)S(=O)(=O)c1ccc(N)cc1Cl. The van der Waals surface area contributed by atoms with Crippen molar-refractivity contribution >= 4 is 27.3 Å². The van der Waals surface area contributed by atoms with Gasteiger partial charge in [-0.1, -0.05) is 25.4 Å². The minimum absolute atomic E-state index is 0.0244. The van der Waals surface area contributed by atoms with Crippen molar-refractivity contribution in [2.45, 2.75) is 37.6 Å². The number of anilines is 1. The Hall–Kier alpha value is -0.780. The summed E-state index contributed by atoms with van der Waals surface area (Å²) in [7, 11) is -1.98. The van der Waals surface area contributed by atoms with Gasteiger partial charge in [-0.25, -0.2) is 8.42 Å². The van der Waals surface area contributed by atoms with E-state index in [0.717, 1.165) is 12.8 Å². The molecule has 0 heterocycles. The van der Waals surface area contributed by atoms with Crippen molar-refractivity contribution in [1.82, 2.24) is 4.31 Å². The molecule has 102 valence electrons. The Morgan fingerprint density at radius 2 is 1.89 bits per heavy atom. The molecule has 0 saturated heterocycles. The first-order valence-electron chi connectivity index (χ1n) is 5.87. The lowest BCUT2D eigenvalue weighted by molar-refractivity contribution is 0.350. The van der Waals surface area contributed by atoms with E-state index in [9.17, 15) is 8.42 Å². The molecule has 0 saturated carbocycles. The molecule has 0 aliphatic carbocycles. The molecule has 4 nitrogen and oxygen atoms in total. The lowest BCUT2D eigenvalue weighted by Gasteiger charge is -2.25. The summed E-state index contributed by atoms with van der Waals surface area (Å²) in [6.07, 6.45) is 1.53. The molecular formula is C12H19ClN2O2S. The average Bonchev–Trinajstić information content (AvgIpc) is 2.29. The molecular weight excluding hydrogens is 272 g/mol. The summed E-state index contributed by atoms with van der Waals surface area (Å²) in [6, 6.07) is 4.42. The molecule has 0 aliphatic heterocycles. The molecule has 1 aromatic rings. The summed E-state index contributed by atoms with van der Waals surface area (Å²) in [5, 5.41) is 0.160. The second-order valence-electron chi connectivity index (χ2n) is 4.18. The molecule has 0 spiro atoms. The zero-order chi connectivity index (χ0) is 13.9. The van der Waals surface area contributed by atoms with Gasteiger partial charge in [-0.2, -0.15) is 4.31 Å². The number of hydrogen-bond acceptors (Lipinski definition) is 3. The summed E-state index contributed by atoms with van der Waals surface area (Å²) in [6.45, 7) is 3.93. The maximum absolute atomic E-state index is 12.4. The Labute approximate surface area is 114 Å². The number of rotatable bonds is 5. The van der Waals surface area contributed by atoms with Gasteiger partial charge in [-0.3, -0.25) is 0 Å². The summed E-state index contributed by atoms with van der Waals surface area (Å²) in [4.78, 5) is 0.104. The predicted octanol–water partition coefficient (Wildman–Crippen LogP) is 2.73. The Balaban J connectivity index is 3.21. The number of nitrogen functional groups attached to an aromatic ring is 1. The van der Waals surface area contributed by atoms with Gasteiger partial charge in [0.2, 0.25) is 10.0 Å². The van der Waals surface area contributed by atoms with Crippen LogP contribution < -0.4 is 5.73 Å². The van der Waals surface area contributed by atoms with Crippen LogP contribution in [0.4, 0.5) is 5.69 Å². The van der Waals surface area contributed by atoms with Gasteiger partial charge in [0.05, 0.1) is 5.02 Å². The first kappa shape index (κ1) is 15.3. The smallest absolute Gasteiger partial charge is 0.244 e. The van der Waals surface area contributed by atoms with Crippen LogP contribution >= 0.6 is 11.6 Å². The fourth-order valence-electron chi connectivity index (χ4n) is 1.88. The molecule has 0 radical (unpaired) electrons. The first-order valence-corrected chi connectivity index (χ1v) is 7.69. The van der Waals surface area contributed by atoms with E-state index < -0.39 is 10.0 Å². The van der Waals surface area contributed by atoms with Crippen LogP contribution in [-0.4, -0.2) is 25.8 Å². The van der Waals surface area contributed by atoms with E-state index in [1.54, 1.807) is 13.1 Å². The highest BCUT2D eigenvalue weighted by Gasteiger charge is 2.27. The van der Waals surface area contributed by atoms with E-state index in [4.69, 9.17) is 17.3 Å². The monoisotopic (exact) mass is 290 g/mol. The fourth-order valence-corrected chi connectivity index (χ4v) is 3.91. The summed E-state index contributed by atoms with van der Waals surface area (Å²) in [5.41, 5.74) is 6.01. The normalized spacial score (nSPS) is 12.3. The molecule has 2 N–H and O–H groups in total. The lowest BCUT2D eigenvalue weighted by atomic mass is 10.2. The highest BCUT2D eigenvalue weighted by Crippen LogP contribution is 2.27. The molecule has 0 aromatic heterocycles. The van der Waals surface area contributed by atoms with Gasteiger partial charge in [-0.15, -0.1) is 0 Å². The van der Waals surface area contributed by atoms with Crippen LogP contribution in [0.2, 0.25) is 5.02 Å². The van der Waals surface area contributed by atoms with Crippen LogP contribution in [0.3, 0.4) is 0 Å². The Bertz CT molecular complexity index is 513. The maximum atomic E-state index is 12.4. The van der Waals surface area contributed by atoms with Crippen LogP contribution in [0.1, 0.15) is 26.7 Å². The van der Waals surface area contributed by atoms with Crippen molar-refractivity contribution in [3.63, 3.8) is 0 Å². The number of nitrogens with two attached hydrogens (primary N) is 1. The molecule has 0 amide bonds.